The van der Waals surface area contributed by atoms with Crippen LogP contribution in [-0.4, -0.2) is 27.6 Å². The van der Waals surface area contributed by atoms with Gasteiger partial charge in [-0.15, -0.1) is 0 Å². The third kappa shape index (κ3) is 6.85. The average molecular weight is 579 g/mol. The third-order valence-electron chi connectivity index (χ3n) is 6.42. The SMILES string of the molecule is Cc1ccc(C)n1-c1ccc(OCc2ccc(C(=O)N/N=C/c3cc([N+](=O)[O-])ccc3OC(=O)c3ccccc3)o2)cc1. The number of nitrogens with one attached hydrogen (secondary N) is 1. The Bertz CT molecular complexity index is 1790. The second kappa shape index (κ2) is 12.7. The lowest BCUT2D eigenvalue weighted by atomic mass is 10.2. The molecule has 1 amide bonds. The number of amides is 1. The number of carbonyl (C=O) groups excluding carboxylic acids is 2. The van der Waals surface area contributed by atoms with Gasteiger partial charge < -0.3 is 18.5 Å². The van der Waals surface area contributed by atoms with Crippen LogP contribution in [0.4, 0.5) is 5.69 Å². The summed E-state index contributed by atoms with van der Waals surface area (Å²) in [5.41, 5.74) is 5.77. The van der Waals surface area contributed by atoms with E-state index in [1.54, 1.807) is 36.4 Å². The smallest absolute Gasteiger partial charge is 0.343 e. The summed E-state index contributed by atoms with van der Waals surface area (Å²) in [4.78, 5) is 35.8. The summed E-state index contributed by atoms with van der Waals surface area (Å²) in [7, 11) is 0. The predicted molar refractivity (Wildman–Crippen MR) is 158 cm³/mol. The van der Waals surface area contributed by atoms with Crippen LogP contribution in [0.3, 0.4) is 0 Å². The lowest BCUT2D eigenvalue weighted by Crippen LogP contribution is -2.17. The zero-order valence-electron chi connectivity index (χ0n) is 23.2. The standard InChI is InChI=1S/C32H26N4O7/c1-21-8-9-22(2)35(21)25-10-13-27(14-11-25)41-20-28-15-17-30(42-28)31(37)34-33-19-24-18-26(36(39)40)12-16-29(24)43-32(38)23-6-4-3-5-7-23/h3-19H,20H2,1-2H3,(H,34,37)/b33-19+. The molecule has 2 heterocycles. The minimum atomic E-state index is -0.655. The van der Waals surface area contributed by atoms with Gasteiger partial charge in [-0.3, -0.25) is 14.9 Å². The highest BCUT2D eigenvalue weighted by atomic mass is 16.6. The predicted octanol–water partition coefficient (Wildman–Crippen LogP) is 6.16. The Morgan fingerprint density at radius 2 is 1.67 bits per heavy atom. The highest BCUT2D eigenvalue weighted by molar-refractivity contribution is 5.95. The summed E-state index contributed by atoms with van der Waals surface area (Å²) in [6.45, 7) is 4.19. The number of esters is 1. The fourth-order valence-electron chi connectivity index (χ4n) is 4.29. The summed E-state index contributed by atoms with van der Waals surface area (Å²) in [6.07, 6.45) is 1.14. The van der Waals surface area contributed by atoms with E-state index in [0.717, 1.165) is 23.3 Å². The molecule has 0 spiro atoms. The van der Waals surface area contributed by atoms with E-state index in [4.69, 9.17) is 13.9 Å². The molecule has 0 bridgehead atoms. The molecule has 0 atom stereocenters. The quantitative estimate of drug-likeness (QED) is 0.0689. The third-order valence-corrected chi connectivity index (χ3v) is 6.42. The van der Waals surface area contributed by atoms with Crippen molar-refractivity contribution in [1.29, 1.82) is 0 Å². The van der Waals surface area contributed by atoms with Crippen LogP contribution >= 0.6 is 0 Å². The van der Waals surface area contributed by atoms with Gasteiger partial charge in [-0.25, -0.2) is 10.2 Å². The summed E-state index contributed by atoms with van der Waals surface area (Å²) in [5, 5.41) is 15.1. The van der Waals surface area contributed by atoms with Crippen molar-refractivity contribution in [2.24, 2.45) is 5.10 Å². The number of benzene rings is 3. The monoisotopic (exact) mass is 578 g/mol. The molecule has 2 aromatic heterocycles. The van der Waals surface area contributed by atoms with Crippen molar-refractivity contribution in [3.05, 3.63) is 141 Å². The number of carbonyl (C=O) groups is 2. The molecule has 5 aromatic rings. The van der Waals surface area contributed by atoms with Crippen LogP contribution in [0.25, 0.3) is 5.69 Å². The van der Waals surface area contributed by atoms with E-state index in [9.17, 15) is 19.7 Å². The molecule has 0 aliphatic heterocycles. The summed E-state index contributed by atoms with van der Waals surface area (Å²) < 4.78 is 18.9. The normalized spacial score (nSPS) is 10.9. The summed E-state index contributed by atoms with van der Waals surface area (Å²) in [5.74, 6) is -0.234. The van der Waals surface area contributed by atoms with Gasteiger partial charge in [-0.2, -0.15) is 5.10 Å². The Hall–Kier alpha value is -5.97. The fourth-order valence-corrected chi connectivity index (χ4v) is 4.29. The second-order valence-corrected chi connectivity index (χ2v) is 9.43. The maximum Gasteiger partial charge on any atom is 0.343 e. The molecule has 1 N–H and O–H groups in total. The van der Waals surface area contributed by atoms with E-state index in [1.807, 2.05) is 38.1 Å². The Labute approximate surface area is 246 Å². The lowest BCUT2D eigenvalue weighted by molar-refractivity contribution is -0.384. The Kier molecular flexibility index (Phi) is 8.43. The molecule has 3 aromatic carbocycles. The number of hydrazone groups is 1. The first-order valence-electron chi connectivity index (χ1n) is 13.1. The topological polar surface area (TPSA) is 138 Å². The van der Waals surface area contributed by atoms with E-state index in [1.165, 1.54) is 24.3 Å². The number of nitrogens with zero attached hydrogens (tertiary/aromatic N) is 3. The van der Waals surface area contributed by atoms with Crippen LogP contribution in [0.1, 0.15) is 43.6 Å². The van der Waals surface area contributed by atoms with Gasteiger partial charge in [0.1, 0.15) is 23.9 Å². The van der Waals surface area contributed by atoms with E-state index in [0.29, 0.717) is 17.1 Å². The van der Waals surface area contributed by atoms with Crippen LogP contribution in [0.5, 0.6) is 11.5 Å². The zero-order valence-corrected chi connectivity index (χ0v) is 23.2. The Morgan fingerprint density at radius 3 is 2.37 bits per heavy atom. The maximum atomic E-state index is 12.6. The van der Waals surface area contributed by atoms with Gasteiger partial charge in [-0.1, -0.05) is 18.2 Å². The van der Waals surface area contributed by atoms with Gasteiger partial charge in [0, 0.05) is 34.8 Å². The number of non-ortho nitro benzene ring substituents is 1. The molecule has 0 aliphatic carbocycles. The number of ether oxygens (including phenoxy) is 2. The van der Waals surface area contributed by atoms with Crippen LogP contribution in [0, 0.1) is 24.0 Å². The molecular formula is C32H26N4O7. The molecule has 11 nitrogen and oxygen atoms in total. The molecule has 0 aliphatic rings. The van der Waals surface area contributed by atoms with E-state index in [-0.39, 0.29) is 29.4 Å². The average Bonchev–Trinajstić information content (AvgIpc) is 3.63. The van der Waals surface area contributed by atoms with Crippen molar-refractivity contribution >= 4 is 23.8 Å². The van der Waals surface area contributed by atoms with Crippen molar-refractivity contribution in [3.63, 3.8) is 0 Å². The first kappa shape index (κ1) is 28.6. The number of furan rings is 1. The highest BCUT2D eigenvalue weighted by Gasteiger charge is 2.16. The minimum Gasteiger partial charge on any atom is -0.486 e. The van der Waals surface area contributed by atoms with Crippen LogP contribution in [0.2, 0.25) is 0 Å². The molecule has 11 heteroatoms. The molecule has 0 saturated carbocycles. The van der Waals surface area contributed by atoms with Gasteiger partial charge in [0.15, 0.2) is 5.76 Å². The largest absolute Gasteiger partial charge is 0.486 e. The molecule has 0 radical (unpaired) electrons. The first-order chi connectivity index (χ1) is 20.8. The Balaban J connectivity index is 1.20. The maximum absolute atomic E-state index is 12.6. The van der Waals surface area contributed by atoms with Gasteiger partial charge >= 0.3 is 11.9 Å². The molecule has 216 valence electrons. The van der Waals surface area contributed by atoms with Crippen molar-refractivity contribution in [3.8, 4) is 17.2 Å². The van der Waals surface area contributed by atoms with Crippen LogP contribution in [-0.2, 0) is 6.61 Å². The molecule has 0 fully saturated rings. The van der Waals surface area contributed by atoms with E-state index < -0.39 is 16.8 Å². The highest BCUT2D eigenvalue weighted by Crippen LogP contribution is 2.24. The second-order valence-electron chi connectivity index (χ2n) is 9.43. The number of aryl methyl sites for hydroxylation is 2. The summed E-state index contributed by atoms with van der Waals surface area (Å²) in [6, 6.07) is 26.8. The van der Waals surface area contributed by atoms with Crippen LogP contribution in [0.15, 0.2) is 107 Å². The van der Waals surface area contributed by atoms with E-state index >= 15 is 0 Å². The minimum absolute atomic E-state index is 0.0144. The lowest BCUT2D eigenvalue weighted by Gasteiger charge is -2.10. The number of rotatable bonds is 10. The van der Waals surface area contributed by atoms with Crippen molar-refractivity contribution in [1.82, 2.24) is 9.99 Å². The van der Waals surface area contributed by atoms with Crippen molar-refractivity contribution < 1.29 is 28.4 Å². The number of nitro groups is 1. The molecular weight excluding hydrogens is 552 g/mol. The number of hydrogen-bond donors (Lipinski definition) is 1. The van der Waals surface area contributed by atoms with Crippen molar-refractivity contribution in [2.45, 2.75) is 20.5 Å². The number of aromatic nitrogens is 1. The molecule has 43 heavy (non-hydrogen) atoms. The van der Waals surface area contributed by atoms with Crippen molar-refractivity contribution in [2.75, 3.05) is 0 Å². The van der Waals surface area contributed by atoms with Gasteiger partial charge in [0.25, 0.3) is 5.69 Å². The van der Waals surface area contributed by atoms with Gasteiger partial charge in [-0.05, 0) is 80.6 Å². The fraction of sp³-hybridized carbons (Fsp3) is 0.0938. The van der Waals surface area contributed by atoms with Gasteiger partial charge in [0.2, 0.25) is 0 Å². The Morgan fingerprint density at radius 1 is 0.953 bits per heavy atom. The molecule has 0 saturated heterocycles. The first-order valence-corrected chi connectivity index (χ1v) is 13.1. The van der Waals surface area contributed by atoms with E-state index in [2.05, 4.69) is 27.2 Å². The zero-order chi connectivity index (χ0) is 30.3. The number of hydrogen-bond acceptors (Lipinski definition) is 8. The number of nitro benzene ring substituents is 1. The summed E-state index contributed by atoms with van der Waals surface area (Å²) >= 11 is 0. The van der Waals surface area contributed by atoms with Gasteiger partial charge in [0.05, 0.1) is 16.7 Å². The van der Waals surface area contributed by atoms with Crippen LogP contribution < -0.4 is 14.9 Å². The molecule has 5 rings (SSSR count). The molecule has 0 unspecified atom stereocenters.